The molecule has 0 bridgehead atoms. The highest BCUT2D eigenvalue weighted by atomic mass is 35.5. The van der Waals surface area contributed by atoms with E-state index < -0.39 is 11.8 Å². The molecular weight excluding hydrogens is 408 g/mol. The Balaban J connectivity index is 1.67. The standard InChI is InChI=1S/C21H21ClN4O4/c1-12(2)30-19-15(22)9-14(10-18(19)29-3)20(27)25-26-21(28)17-11-16(23-24-17)13-7-5-4-6-8-13/h4-12H,1-3H3,(H,23,24)(H,25,27)(H,26,28). The van der Waals surface area contributed by atoms with Crippen molar-refractivity contribution in [2.45, 2.75) is 20.0 Å². The summed E-state index contributed by atoms with van der Waals surface area (Å²) in [6.07, 6.45) is -0.120. The number of rotatable bonds is 6. The van der Waals surface area contributed by atoms with Crippen molar-refractivity contribution in [3.8, 4) is 22.8 Å². The maximum atomic E-state index is 12.5. The Morgan fingerprint density at radius 3 is 2.43 bits per heavy atom. The Hall–Kier alpha value is -3.52. The Bertz CT molecular complexity index is 1050. The number of hydrogen-bond acceptors (Lipinski definition) is 5. The fourth-order valence-corrected chi connectivity index (χ4v) is 2.90. The van der Waals surface area contributed by atoms with Gasteiger partial charge in [-0.1, -0.05) is 41.9 Å². The van der Waals surface area contributed by atoms with E-state index >= 15 is 0 Å². The fraction of sp³-hybridized carbons (Fsp3) is 0.190. The number of aromatic amines is 1. The van der Waals surface area contributed by atoms with Gasteiger partial charge in [0.25, 0.3) is 11.8 Å². The molecule has 3 rings (SSSR count). The molecule has 1 heterocycles. The maximum absolute atomic E-state index is 12.5. The second-order valence-corrected chi connectivity index (χ2v) is 7.00. The average Bonchev–Trinajstić information content (AvgIpc) is 3.23. The zero-order valence-corrected chi connectivity index (χ0v) is 17.4. The minimum atomic E-state index is -0.567. The number of nitrogens with one attached hydrogen (secondary N) is 3. The molecule has 2 aromatic carbocycles. The van der Waals surface area contributed by atoms with Crippen LogP contribution in [-0.4, -0.2) is 35.2 Å². The largest absolute Gasteiger partial charge is 0.493 e. The first kappa shape index (κ1) is 21.2. The lowest BCUT2D eigenvalue weighted by Crippen LogP contribution is -2.41. The van der Waals surface area contributed by atoms with Gasteiger partial charge in [0.05, 0.1) is 23.9 Å². The Labute approximate surface area is 178 Å². The number of carbonyl (C=O) groups excluding carboxylic acids is 2. The van der Waals surface area contributed by atoms with Crippen molar-refractivity contribution in [3.05, 3.63) is 64.8 Å². The van der Waals surface area contributed by atoms with Crippen LogP contribution in [0.3, 0.4) is 0 Å². The molecule has 0 fully saturated rings. The number of methoxy groups -OCH3 is 1. The molecular formula is C21H21ClN4O4. The number of aromatic nitrogens is 2. The lowest BCUT2D eigenvalue weighted by Gasteiger charge is -2.16. The molecule has 9 heteroatoms. The second kappa shape index (κ2) is 9.32. The minimum absolute atomic E-state index is 0.120. The molecule has 30 heavy (non-hydrogen) atoms. The number of hydrogen-bond donors (Lipinski definition) is 3. The number of nitrogens with zero attached hydrogens (tertiary/aromatic N) is 1. The fourth-order valence-electron chi connectivity index (χ4n) is 2.65. The van der Waals surface area contributed by atoms with Gasteiger partial charge < -0.3 is 9.47 Å². The summed E-state index contributed by atoms with van der Waals surface area (Å²) in [4.78, 5) is 24.8. The molecule has 8 nitrogen and oxygen atoms in total. The van der Waals surface area contributed by atoms with Gasteiger partial charge in [0.2, 0.25) is 0 Å². The van der Waals surface area contributed by atoms with E-state index in [0.29, 0.717) is 17.2 Å². The predicted molar refractivity (Wildman–Crippen MR) is 113 cm³/mol. The normalized spacial score (nSPS) is 10.6. The van der Waals surface area contributed by atoms with Gasteiger partial charge in [0.15, 0.2) is 11.5 Å². The molecule has 1 aromatic heterocycles. The number of halogens is 1. The van der Waals surface area contributed by atoms with Crippen LogP contribution in [0.15, 0.2) is 48.5 Å². The third-order valence-electron chi connectivity index (χ3n) is 4.03. The Morgan fingerprint density at radius 2 is 1.77 bits per heavy atom. The molecule has 0 aliphatic carbocycles. The molecule has 0 aliphatic heterocycles. The second-order valence-electron chi connectivity index (χ2n) is 6.60. The predicted octanol–water partition coefficient (Wildman–Crippen LogP) is 3.60. The SMILES string of the molecule is COc1cc(C(=O)NNC(=O)c2cc(-c3ccccc3)n[nH]2)cc(Cl)c1OC(C)C. The molecule has 0 saturated heterocycles. The van der Waals surface area contributed by atoms with E-state index in [1.54, 1.807) is 6.07 Å². The summed E-state index contributed by atoms with van der Waals surface area (Å²) in [6.45, 7) is 3.70. The molecule has 0 aliphatic rings. The van der Waals surface area contributed by atoms with Crippen LogP contribution in [0.2, 0.25) is 5.02 Å². The van der Waals surface area contributed by atoms with Crippen LogP contribution in [0, 0.1) is 0 Å². The van der Waals surface area contributed by atoms with Crippen LogP contribution in [0.5, 0.6) is 11.5 Å². The molecule has 0 atom stereocenters. The van der Waals surface area contributed by atoms with Gasteiger partial charge in [0, 0.05) is 11.1 Å². The number of hydrazine groups is 1. The van der Waals surface area contributed by atoms with Crippen molar-refractivity contribution < 1.29 is 19.1 Å². The van der Waals surface area contributed by atoms with Gasteiger partial charge in [-0.15, -0.1) is 0 Å². The lowest BCUT2D eigenvalue weighted by atomic mass is 10.1. The summed E-state index contributed by atoms with van der Waals surface area (Å²) in [7, 11) is 1.45. The van der Waals surface area contributed by atoms with E-state index in [4.69, 9.17) is 21.1 Å². The van der Waals surface area contributed by atoms with Crippen molar-refractivity contribution in [1.82, 2.24) is 21.0 Å². The molecule has 0 spiro atoms. The molecule has 156 valence electrons. The van der Waals surface area contributed by atoms with Crippen molar-refractivity contribution in [2.75, 3.05) is 7.11 Å². The third-order valence-corrected chi connectivity index (χ3v) is 4.31. The van der Waals surface area contributed by atoms with Gasteiger partial charge in [-0.05, 0) is 32.0 Å². The van der Waals surface area contributed by atoms with E-state index in [-0.39, 0.29) is 22.4 Å². The monoisotopic (exact) mass is 428 g/mol. The van der Waals surface area contributed by atoms with Gasteiger partial charge in [-0.3, -0.25) is 25.5 Å². The first-order valence-corrected chi connectivity index (χ1v) is 9.52. The summed E-state index contributed by atoms with van der Waals surface area (Å²) in [5.41, 5.74) is 6.56. The topological polar surface area (TPSA) is 105 Å². The van der Waals surface area contributed by atoms with E-state index in [0.717, 1.165) is 5.56 Å². The molecule has 2 amide bonds. The first-order chi connectivity index (χ1) is 14.4. The average molecular weight is 429 g/mol. The smallest absolute Gasteiger partial charge is 0.287 e. The highest BCUT2D eigenvalue weighted by molar-refractivity contribution is 6.32. The number of H-pyrrole nitrogens is 1. The first-order valence-electron chi connectivity index (χ1n) is 9.14. The maximum Gasteiger partial charge on any atom is 0.287 e. The Kier molecular flexibility index (Phi) is 6.58. The van der Waals surface area contributed by atoms with E-state index in [1.165, 1.54) is 19.2 Å². The van der Waals surface area contributed by atoms with Gasteiger partial charge >= 0.3 is 0 Å². The molecule has 3 N–H and O–H groups in total. The van der Waals surface area contributed by atoms with Crippen LogP contribution in [0.25, 0.3) is 11.3 Å². The number of amides is 2. The highest BCUT2D eigenvalue weighted by Gasteiger charge is 2.18. The summed E-state index contributed by atoms with van der Waals surface area (Å²) in [6, 6.07) is 13.9. The molecule has 0 unspecified atom stereocenters. The van der Waals surface area contributed by atoms with Crippen LogP contribution < -0.4 is 20.3 Å². The van der Waals surface area contributed by atoms with Gasteiger partial charge in [-0.25, -0.2) is 0 Å². The number of benzene rings is 2. The van der Waals surface area contributed by atoms with Crippen molar-refractivity contribution in [1.29, 1.82) is 0 Å². The van der Waals surface area contributed by atoms with E-state index in [1.807, 2.05) is 44.2 Å². The van der Waals surface area contributed by atoms with Gasteiger partial charge in [0.1, 0.15) is 5.69 Å². The van der Waals surface area contributed by atoms with E-state index in [9.17, 15) is 9.59 Å². The quantitative estimate of drug-likeness (QED) is 0.520. The van der Waals surface area contributed by atoms with Crippen molar-refractivity contribution in [2.24, 2.45) is 0 Å². The zero-order valence-electron chi connectivity index (χ0n) is 16.7. The van der Waals surface area contributed by atoms with Crippen LogP contribution in [0.1, 0.15) is 34.7 Å². The van der Waals surface area contributed by atoms with E-state index in [2.05, 4.69) is 21.0 Å². The Morgan fingerprint density at radius 1 is 1.07 bits per heavy atom. The van der Waals surface area contributed by atoms with Gasteiger partial charge in [-0.2, -0.15) is 5.10 Å². The summed E-state index contributed by atoms with van der Waals surface area (Å²) < 4.78 is 10.9. The molecule has 0 saturated carbocycles. The summed E-state index contributed by atoms with van der Waals surface area (Å²) in [5.74, 6) is -0.451. The lowest BCUT2D eigenvalue weighted by molar-refractivity contribution is 0.0843. The summed E-state index contributed by atoms with van der Waals surface area (Å²) >= 11 is 6.24. The molecule has 0 radical (unpaired) electrons. The van der Waals surface area contributed by atoms with Crippen molar-refractivity contribution >= 4 is 23.4 Å². The number of ether oxygens (including phenoxy) is 2. The van der Waals surface area contributed by atoms with Crippen LogP contribution in [-0.2, 0) is 0 Å². The number of carbonyl (C=O) groups is 2. The van der Waals surface area contributed by atoms with Crippen LogP contribution >= 0.6 is 11.6 Å². The zero-order chi connectivity index (χ0) is 21.7. The third kappa shape index (κ3) is 4.90. The summed E-state index contributed by atoms with van der Waals surface area (Å²) in [5, 5.41) is 6.99. The molecule has 3 aromatic rings. The highest BCUT2D eigenvalue weighted by Crippen LogP contribution is 2.37. The van der Waals surface area contributed by atoms with Crippen LogP contribution in [0.4, 0.5) is 0 Å². The van der Waals surface area contributed by atoms with Crippen molar-refractivity contribution in [3.63, 3.8) is 0 Å². The minimum Gasteiger partial charge on any atom is -0.493 e.